The van der Waals surface area contributed by atoms with Gasteiger partial charge in [-0.05, 0) is 20.9 Å². The third kappa shape index (κ3) is 5.03. The summed E-state index contributed by atoms with van der Waals surface area (Å²) in [6.45, 7) is 7.42. The molecule has 0 bridgehead atoms. The molecule has 1 saturated heterocycles. The minimum absolute atomic E-state index is 0.0965. The molecule has 7 heteroatoms. The van der Waals surface area contributed by atoms with Crippen LogP contribution in [-0.4, -0.2) is 81.4 Å². The Morgan fingerprint density at radius 2 is 1.85 bits per heavy atom. The van der Waals surface area contributed by atoms with Crippen molar-refractivity contribution in [3.63, 3.8) is 0 Å². The number of hydrogen-bond acceptors (Lipinski definition) is 5. The SMILES string of the molecule is CC(C(C)S(C)(=O)=O)N(C)CCC(=O)N1CCNCC1. The Bertz CT molecular complexity index is 419. The van der Waals surface area contributed by atoms with Crippen molar-refractivity contribution in [3.8, 4) is 0 Å². The summed E-state index contributed by atoms with van der Waals surface area (Å²) in [5, 5.41) is 2.78. The van der Waals surface area contributed by atoms with Crippen LogP contribution in [0.25, 0.3) is 0 Å². The summed E-state index contributed by atoms with van der Waals surface area (Å²) in [5.41, 5.74) is 0. The third-order valence-electron chi connectivity index (χ3n) is 4.20. The summed E-state index contributed by atoms with van der Waals surface area (Å²) in [6.07, 6.45) is 1.70. The van der Waals surface area contributed by atoms with E-state index in [0.717, 1.165) is 26.2 Å². The first-order valence-electron chi connectivity index (χ1n) is 7.11. The Morgan fingerprint density at radius 1 is 1.30 bits per heavy atom. The van der Waals surface area contributed by atoms with Crippen molar-refractivity contribution in [2.75, 3.05) is 46.0 Å². The van der Waals surface area contributed by atoms with E-state index >= 15 is 0 Å². The highest BCUT2D eigenvalue weighted by Crippen LogP contribution is 2.10. The predicted octanol–water partition coefficient (Wildman–Crippen LogP) is -0.438. The lowest BCUT2D eigenvalue weighted by atomic mass is 10.2. The summed E-state index contributed by atoms with van der Waals surface area (Å²) >= 11 is 0. The van der Waals surface area contributed by atoms with Crippen molar-refractivity contribution >= 4 is 15.7 Å². The van der Waals surface area contributed by atoms with Gasteiger partial charge in [0.15, 0.2) is 9.84 Å². The normalized spacial score (nSPS) is 19.9. The topological polar surface area (TPSA) is 69.7 Å². The van der Waals surface area contributed by atoms with E-state index in [9.17, 15) is 13.2 Å². The Balaban J connectivity index is 2.42. The summed E-state index contributed by atoms with van der Waals surface area (Å²) < 4.78 is 23.1. The Morgan fingerprint density at radius 3 is 2.35 bits per heavy atom. The van der Waals surface area contributed by atoms with Crippen molar-refractivity contribution in [2.45, 2.75) is 31.6 Å². The highest BCUT2D eigenvalue weighted by Gasteiger charge is 2.26. The highest BCUT2D eigenvalue weighted by molar-refractivity contribution is 7.91. The summed E-state index contributed by atoms with van der Waals surface area (Å²) in [6, 6.07) is -0.0965. The number of hydrogen-bond donors (Lipinski definition) is 1. The largest absolute Gasteiger partial charge is 0.340 e. The van der Waals surface area contributed by atoms with Gasteiger partial charge < -0.3 is 15.1 Å². The molecule has 0 spiro atoms. The Kier molecular flexibility index (Phi) is 6.42. The van der Waals surface area contributed by atoms with Crippen LogP contribution in [0.1, 0.15) is 20.3 Å². The van der Waals surface area contributed by atoms with Gasteiger partial charge in [0.25, 0.3) is 0 Å². The van der Waals surface area contributed by atoms with Gasteiger partial charge >= 0.3 is 0 Å². The van der Waals surface area contributed by atoms with Gasteiger partial charge in [0.2, 0.25) is 5.91 Å². The molecule has 6 nitrogen and oxygen atoms in total. The number of rotatable bonds is 6. The average Bonchev–Trinajstić information content (AvgIpc) is 2.42. The second-order valence-electron chi connectivity index (χ2n) is 5.64. The van der Waals surface area contributed by atoms with Gasteiger partial charge in [-0.3, -0.25) is 4.79 Å². The van der Waals surface area contributed by atoms with E-state index in [0.29, 0.717) is 13.0 Å². The van der Waals surface area contributed by atoms with Gasteiger partial charge in [0.1, 0.15) is 0 Å². The molecule has 1 fully saturated rings. The average molecular weight is 305 g/mol. The lowest BCUT2D eigenvalue weighted by Gasteiger charge is -2.31. The first kappa shape index (κ1) is 17.4. The molecule has 1 aliphatic heterocycles. The van der Waals surface area contributed by atoms with Gasteiger partial charge in [-0.25, -0.2) is 8.42 Å². The molecule has 2 atom stereocenters. The lowest BCUT2D eigenvalue weighted by Crippen LogP contribution is -2.48. The number of carbonyl (C=O) groups is 1. The molecule has 1 heterocycles. The van der Waals surface area contributed by atoms with Crippen molar-refractivity contribution in [2.24, 2.45) is 0 Å². The Labute approximate surface area is 122 Å². The fourth-order valence-corrected chi connectivity index (χ4v) is 3.19. The molecule has 0 aromatic carbocycles. The number of carbonyl (C=O) groups excluding carboxylic acids is 1. The van der Waals surface area contributed by atoms with E-state index in [4.69, 9.17) is 0 Å². The fourth-order valence-electron chi connectivity index (χ4n) is 2.26. The Hall–Kier alpha value is -0.660. The molecule has 0 aromatic heterocycles. The van der Waals surface area contributed by atoms with E-state index in [1.807, 2.05) is 23.8 Å². The van der Waals surface area contributed by atoms with Crippen LogP contribution in [0.4, 0.5) is 0 Å². The van der Waals surface area contributed by atoms with Crippen molar-refractivity contribution < 1.29 is 13.2 Å². The third-order valence-corrected chi connectivity index (χ3v) is 5.94. The number of nitrogens with zero attached hydrogens (tertiary/aromatic N) is 2. The van der Waals surface area contributed by atoms with Crippen LogP contribution in [0.5, 0.6) is 0 Å². The molecule has 1 rings (SSSR count). The van der Waals surface area contributed by atoms with E-state index in [-0.39, 0.29) is 11.9 Å². The van der Waals surface area contributed by atoms with Gasteiger partial charge in [-0.2, -0.15) is 0 Å². The molecule has 1 amide bonds. The molecule has 1 N–H and O–H groups in total. The maximum atomic E-state index is 12.0. The fraction of sp³-hybridized carbons (Fsp3) is 0.923. The minimum Gasteiger partial charge on any atom is -0.340 e. The predicted molar refractivity (Wildman–Crippen MR) is 80.5 cm³/mol. The first-order chi connectivity index (χ1) is 9.23. The van der Waals surface area contributed by atoms with Crippen LogP contribution < -0.4 is 5.32 Å². The van der Waals surface area contributed by atoms with Crippen molar-refractivity contribution in [3.05, 3.63) is 0 Å². The van der Waals surface area contributed by atoms with Crippen LogP contribution in [0.3, 0.4) is 0 Å². The van der Waals surface area contributed by atoms with Gasteiger partial charge in [-0.15, -0.1) is 0 Å². The second kappa shape index (κ2) is 7.38. The zero-order chi connectivity index (χ0) is 15.3. The molecule has 0 aromatic rings. The second-order valence-corrected chi connectivity index (χ2v) is 8.04. The number of amides is 1. The maximum Gasteiger partial charge on any atom is 0.223 e. The van der Waals surface area contributed by atoms with Crippen LogP contribution >= 0.6 is 0 Å². The molecule has 1 aliphatic rings. The highest BCUT2D eigenvalue weighted by atomic mass is 32.2. The molecule has 0 saturated carbocycles. The number of piperazine rings is 1. The van der Waals surface area contributed by atoms with E-state index < -0.39 is 15.1 Å². The molecular formula is C13H27N3O3S. The van der Waals surface area contributed by atoms with Gasteiger partial charge in [0, 0.05) is 51.4 Å². The molecule has 2 unspecified atom stereocenters. The maximum absolute atomic E-state index is 12.0. The zero-order valence-corrected chi connectivity index (χ0v) is 13.7. The number of sulfone groups is 1. The monoisotopic (exact) mass is 305 g/mol. The summed E-state index contributed by atoms with van der Waals surface area (Å²) in [7, 11) is -1.18. The summed E-state index contributed by atoms with van der Waals surface area (Å²) in [4.78, 5) is 15.9. The van der Waals surface area contributed by atoms with Crippen LogP contribution in [0, 0.1) is 0 Å². The van der Waals surface area contributed by atoms with Gasteiger partial charge in [-0.1, -0.05) is 0 Å². The molecule has 0 radical (unpaired) electrons. The van der Waals surface area contributed by atoms with Gasteiger partial charge in [0.05, 0.1) is 5.25 Å². The molecule has 20 heavy (non-hydrogen) atoms. The van der Waals surface area contributed by atoms with Crippen molar-refractivity contribution in [1.29, 1.82) is 0 Å². The molecule has 118 valence electrons. The van der Waals surface area contributed by atoms with E-state index in [1.165, 1.54) is 6.26 Å². The molecular weight excluding hydrogens is 278 g/mol. The van der Waals surface area contributed by atoms with E-state index in [1.54, 1.807) is 6.92 Å². The smallest absolute Gasteiger partial charge is 0.223 e. The minimum atomic E-state index is -3.05. The van der Waals surface area contributed by atoms with Crippen LogP contribution in [0.2, 0.25) is 0 Å². The zero-order valence-electron chi connectivity index (χ0n) is 12.9. The van der Waals surface area contributed by atoms with Crippen LogP contribution in [-0.2, 0) is 14.6 Å². The quantitative estimate of drug-likeness (QED) is 0.720. The van der Waals surface area contributed by atoms with Crippen LogP contribution in [0.15, 0.2) is 0 Å². The molecule has 0 aliphatic carbocycles. The summed E-state index contributed by atoms with van der Waals surface area (Å²) in [5.74, 6) is 0.151. The standard InChI is InChI=1S/C13H27N3O3S/c1-11(12(2)20(4,18)19)15(3)8-5-13(17)16-9-6-14-7-10-16/h11-12,14H,5-10H2,1-4H3. The lowest BCUT2D eigenvalue weighted by molar-refractivity contribution is -0.132. The van der Waals surface area contributed by atoms with E-state index in [2.05, 4.69) is 5.32 Å². The van der Waals surface area contributed by atoms with Crippen molar-refractivity contribution in [1.82, 2.24) is 15.1 Å². The number of nitrogens with one attached hydrogen (secondary N) is 1. The first-order valence-corrected chi connectivity index (χ1v) is 9.06.